The average molecular weight is 236 g/mol. The fourth-order valence-electron chi connectivity index (χ4n) is 4.62. The van der Waals surface area contributed by atoms with Crippen LogP contribution in [0.15, 0.2) is 0 Å². The van der Waals surface area contributed by atoms with Gasteiger partial charge in [0.1, 0.15) is 0 Å². The van der Waals surface area contributed by atoms with Gasteiger partial charge in [-0.25, -0.2) is 0 Å². The molecule has 0 spiro atoms. The van der Waals surface area contributed by atoms with Gasteiger partial charge in [0, 0.05) is 0 Å². The van der Waals surface area contributed by atoms with Crippen molar-refractivity contribution >= 4 is 0 Å². The number of rotatable bonds is 3. The Bertz CT molecular complexity index is 220. The highest BCUT2D eigenvalue weighted by atomic mass is 14.4. The highest BCUT2D eigenvalue weighted by molar-refractivity contribution is 4.87. The molecule has 0 aliphatic heterocycles. The molecule has 0 aromatic carbocycles. The van der Waals surface area contributed by atoms with Gasteiger partial charge in [-0.15, -0.1) is 0 Å². The Balaban J connectivity index is 1.98. The molecule has 0 N–H and O–H groups in total. The number of fused-ring (bicyclic) bond motifs is 1. The Labute approximate surface area is 109 Å². The molecule has 0 bridgehead atoms. The minimum atomic E-state index is 1.00. The molecule has 0 amide bonds. The van der Waals surface area contributed by atoms with Gasteiger partial charge in [0.15, 0.2) is 0 Å². The smallest absolute Gasteiger partial charge is 0.0383 e. The molecule has 0 aromatic rings. The molecule has 5 unspecified atom stereocenters. The molecular formula is C17H32. The first-order chi connectivity index (χ1) is 8.24. The summed E-state index contributed by atoms with van der Waals surface area (Å²) in [5, 5.41) is 0. The lowest BCUT2D eigenvalue weighted by Gasteiger charge is -2.41. The lowest BCUT2D eigenvalue weighted by Crippen LogP contribution is -2.31. The summed E-state index contributed by atoms with van der Waals surface area (Å²) in [6.07, 6.45) is 13.6. The molecule has 17 heavy (non-hydrogen) atoms. The van der Waals surface area contributed by atoms with E-state index in [0.717, 1.165) is 29.6 Å². The standard InChI is InChI=1S/C17H32/c1-4-6-15-12-17-10-8-13(3)7-9-16(17)11-14(15)5-2/h13-17H,4-12H2,1-3H3. The van der Waals surface area contributed by atoms with Crippen molar-refractivity contribution in [1.82, 2.24) is 0 Å². The molecule has 0 aromatic heterocycles. The van der Waals surface area contributed by atoms with Gasteiger partial charge in [-0.1, -0.05) is 52.9 Å². The maximum absolute atomic E-state index is 2.47. The summed E-state index contributed by atoms with van der Waals surface area (Å²) in [4.78, 5) is 0. The van der Waals surface area contributed by atoms with Crippen LogP contribution in [-0.4, -0.2) is 0 Å². The largest absolute Gasteiger partial charge is 0.0654 e. The molecule has 0 nitrogen and oxygen atoms in total. The van der Waals surface area contributed by atoms with Crippen molar-refractivity contribution in [3.8, 4) is 0 Å². The van der Waals surface area contributed by atoms with Crippen LogP contribution in [0.2, 0.25) is 0 Å². The van der Waals surface area contributed by atoms with E-state index in [1.54, 1.807) is 25.7 Å². The molecule has 2 saturated carbocycles. The molecule has 2 aliphatic carbocycles. The molecular weight excluding hydrogens is 204 g/mol. The van der Waals surface area contributed by atoms with E-state index in [4.69, 9.17) is 0 Å². The monoisotopic (exact) mass is 236 g/mol. The summed E-state index contributed by atoms with van der Waals surface area (Å²) in [5.41, 5.74) is 0. The third kappa shape index (κ3) is 3.26. The van der Waals surface area contributed by atoms with E-state index in [1.165, 1.54) is 32.1 Å². The molecule has 0 radical (unpaired) electrons. The predicted molar refractivity (Wildman–Crippen MR) is 76.0 cm³/mol. The first kappa shape index (κ1) is 13.4. The van der Waals surface area contributed by atoms with Crippen molar-refractivity contribution < 1.29 is 0 Å². The minimum absolute atomic E-state index is 1.00. The molecule has 0 saturated heterocycles. The van der Waals surface area contributed by atoms with Gasteiger partial charge in [-0.05, 0) is 55.3 Å². The maximum Gasteiger partial charge on any atom is -0.0383 e. The van der Waals surface area contributed by atoms with Gasteiger partial charge in [0.25, 0.3) is 0 Å². The van der Waals surface area contributed by atoms with Gasteiger partial charge in [0.05, 0.1) is 0 Å². The van der Waals surface area contributed by atoms with E-state index < -0.39 is 0 Å². The van der Waals surface area contributed by atoms with Crippen LogP contribution >= 0.6 is 0 Å². The zero-order chi connectivity index (χ0) is 12.3. The van der Waals surface area contributed by atoms with Crippen LogP contribution in [0.4, 0.5) is 0 Å². The topological polar surface area (TPSA) is 0 Å². The fourth-order valence-corrected chi connectivity index (χ4v) is 4.62. The van der Waals surface area contributed by atoms with Crippen LogP contribution in [0.5, 0.6) is 0 Å². The summed E-state index contributed by atoms with van der Waals surface area (Å²) in [6, 6.07) is 0. The van der Waals surface area contributed by atoms with Crippen LogP contribution in [0, 0.1) is 29.6 Å². The molecule has 0 heteroatoms. The number of hydrogen-bond acceptors (Lipinski definition) is 0. The summed E-state index contributed by atoms with van der Waals surface area (Å²) < 4.78 is 0. The average Bonchev–Trinajstić information content (AvgIpc) is 2.51. The van der Waals surface area contributed by atoms with Crippen molar-refractivity contribution in [2.75, 3.05) is 0 Å². The van der Waals surface area contributed by atoms with Crippen LogP contribution in [0.25, 0.3) is 0 Å². The van der Waals surface area contributed by atoms with E-state index in [9.17, 15) is 0 Å². The lowest BCUT2D eigenvalue weighted by atomic mass is 9.65. The van der Waals surface area contributed by atoms with Crippen LogP contribution in [0.1, 0.15) is 78.6 Å². The molecule has 2 rings (SSSR count). The SMILES string of the molecule is CCCC1CC2CCC(C)CCC2CC1CC. The van der Waals surface area contributed by atoms with Gasteiger partial charge >= 0.3 is 0 Å². The maximum atomic E-state index is 2.47. The Morgan fingerprint density at radius 1 is 0.824 bits per heavy atom. The molecule has 2 fully saturated rings. The van der Waals surface area contributed by atoms with E-state index in [-0.39, 0.29) is 0 Å². The summed E-state index contributed by atoms with van der Waals surface area (Å²) in [7, 11) is 0. The molecule has 5 atom stereocenters. The minimum Gasteiger partial charge on any atom is -0.0654 e. The molecule has 0 heterocycles. The highest BCUT2D eigenvalue weighted by Crippen LogP contribution is 2.47. The Morgan fingerprint density at radius 2 is 1.41 bits per heavy atom. The Morgan fingerprint density at radius 3 is 1.94 bits per heavy atom. The second-order valence-electron chi connectivity index (χ2n) is 6.97. The van der Waals surface area contributed by atoms with E-state index >= 15 is 0 Å². The first-order valence-electron chi connectivity index (χ1n) is 8.24. The van der Waals surface area contributed by atoms with Crippen molar-refractivity contribution in [2.45, 2.75) is 78.6 Å². The van der Waals surface area contributed by atoms with Crippen LogP contribution < -0.4 is 0 Å². The summed E-state index contributed by atoms with van der Waals surface area (Å²) in [6.45, 7) is 7.26. The van der Waals surface area contributed by atoms with Crippen molar-refractivity contribution in [3.63, 3.8) is 0 Å². The third-order valence-electron chi connectivity index (χ3n) is 5.79. The summed E-state index contributed by atoms with van der Waals surface area (Å²) >= 11 is 0. The predicted octanol–water partition coefficient (Wildman–Crippen LogP) is 5.67. The van der Waals surface area contributed by atoms with Gasteiger partial charge in [-0.3, -0.25) is 0 Å². The van der Waals surface area contributed by atoms with Crippen molar-refractivity contribution in [2.24, 2.45) is 29.6 Å². The normalized spacial score (nSPS) is 42.9. The second-order valence-corrected chi connectivity index (χ2v) is 6.97. The quantitative estimate of drug-likeness (QED) is 0.592. The third-order valence-corrected chi connectivity index (χ3v) is 5.79. The van der Waals surface area contributed by atoms with Crippen molar-refractivity contribution in [1.29, 1.82) is 0 Å². The van der Waals surface area contributed by atoms with E-state index in [0.29, 0.717) is 0 Å². The van der Waals surface area contributed by atoms with Gasteiger partial charge < -0.3 is 0 Å². The fraction of sp³-hybridized carbons (Fsp3) is 1.00. The summed E-state index contributed by atoms with van der Waals surface area (Å²) in [5.74, 6) is 5.33. The van der Waals surface area contributed by atoms with Crippen LogP contribution in [-0.2, 0) is 0 Å². The van der Waals surface area contributed by atoms with E-state index in [2.05, 4.69) is 20.8 Å². The first-order valence-corrected chi connectivity index (χ1v) is 8.24. The zero-order valence-electron chi connectivity index (χ0n) is 12.3. The highest BCUT2D eigenvalue weighted by Gasteiger charge is 2.36. The molecule has 100 valence electrons. The number of hydrogen-bond donors (Lipinski definition) is 0. The van der Waals surface area contributed by atoms with Crippen molar-refractivity contribution in [3.05, 3.63) is 0 Å². The Kier molecular flexibility index (Phi) is 4.94. The molecule has 2 aliphatic rings. The van der Waals surface area contributed by atoms with Gasteiger partial charge in [-0.2, -0.15) is 0 Å². The Hall–Kier alpha value is 0. The lowest BCUT2D eigenvalue weighted by molar-refractivity contribution is 0.0963. The van der Waals surface area contributed by atoms with Crippen LogP contribution in [0.3, 0.4) is 0 Å². The zero-order valence-corrected chi connectivity index (χ0v) is 12.3. The second kappa shape index (κ2) is 6.25. The van der Waals surface area contributed by atoms with Gasteiger partial charge in [0.2, 0.25) is 0 Å². The van der Waals surface area contributed by atoms with E-state index in [1.807, 2.05) is 0 Å².